The van der Waals surface area contributed by atoms with Crippen LogP contribution in [0.3, 0.4) is 0 Å². The lowest BCUT2D eigenvalue weighted by atomic mass is 11.0. The summed E-state index contributed by atoms with van der Waals surface area (Å²) in [6, 6.07) is 0. The first kappa shape index (κ1) is 16.0. The van der Waals surface area contributed by atoms with Crippen LogP contribution >= 0.6 is 26.8 Å². The molecule has 82 valence electrons. The van der Waals surface area contributed by atoms with Crippen molar-refractivity contribution in [3.8, 4) is 0 Å². The first-order chi connectivity index (χ1) is 5.62. The van der Waals surface area contributed by atoms with Crippen LogP contribution in [0.25, 0.3) is 0 Å². The van der Waals surface area contributed by atoms with Crippen molar-refractivity contribution in [2.45, 2.75) is 6.92 Å². The monoisotopic (exact) mass is 254 g/mol. The minimum atomic E-state index is -3.80. The molecule has 13 heavy (non-hydrogen) atoms. The van der Waals surface area contributed by atoms with E-state index in [1.807, 2.05) is 0 Å². The number of halogens is 1. The minimum Gasteiger partial charge on any atom is -0.324 e. The van der Waals surface area contributed by atoms with Crippen LogP contribution in [0.4, 0.5) is 0 Å². The Morgan fingerprint density at radius 2 is 1.38 bits per heavy atom. The van der Waals surface area contributed by atoms with Crippen molar-refractivity contribution >= 4 is 26.8 Å². The molecule has 0 rings (SSSR count). The van der Waals surface area contributed by atoms with E-state index >= 15 is 0 Å². The van der Waals surface area contributed by atoms with Crippen LogP contribution in [0, 0.1) is 0 Å². The second-order valence-electron chi connectivity index (χ2n) is 2.06. The first-order valence-corrected chi connectivity index (χ1v) is 7.40. The van der Waals surface area contributed by atoms with Gasteiger partial charge in [0.15, 0.2) is 0 Å². The van der Waals surface area contributed by atoms with Crippen LogP contribution in [0.1, 0.15) is 6.92 Å². The van der Waals surface area contributed by atoms with E-state index in [0.29, 0.717) is 0 Å². The van der Waals surface area contributed by atoms with E-state index in [4.69, 9.17) is 31.2 Å². The molecule has 0 radical (unpaired) electrons. The summed E-state index contributed by atoms with van der Waals surface area (Å²) in [5.74, 6) is 0.0181. The zero-order valence-electron chi connectivity index (χ0n) is 7.00. The highest BCUT2D eigenvalue weighted by Gasteiger charge is 2.09. The zero-order valence-corrected chi connectivity index (χ0v) is 9.54. The van der Waals surface area contributed by atoms with Gasteiger partial charge in [-0.05, 0) is 0 Å². The van der Waals surface area contributed by atoms with Gasteiger partial charge in [-0.1, -0.05) is 6.92 Å². The summed E-state index contributed by atoms with van der Waals surface area (Å²) >= 11 is 4.99. The van der Waals surface area contributed by atoms with E-state index in [2.05, 4.69) is 0 Å². The van der Waals surface area contributed by atoms with Gasteiger partial charge in [-0.3, -0.25) is 9.13 Å². The maximum atomic E-state index is 9.84. The Labute approximate surface area is 81.2 Å². The summed E-state index contributed by atoms with van der Waals surface area (Å²) in [6.07, 6.45) is -0.290. The average molecular weight is 255 g/mol. The van der Waals surface area contributed by atoms with Crippen LogP contribution in [0.15, 0.2) is 0 Å². The van der Waals surface area contributed by atoms with Crippen LogP contribution in [0.5, 0.6) is 0 Å². The van der Waals surface area contributed by atoms with Gasteiger partial charge in [0.2, 0.25) is 0 Å². The van der Waals surface area contributed by atoms with Crippen molar-refractivity contribution in [2.24, 2.45) is 0 Å². The summed E-state index contributed by atoms with van der Waals surface area (Å²) in [5.41, 5.74) is 0. The van der Waals surface area contributed by atoms with Crippen LogP contribution < -0.4 is 0 Å². The Morgan fingerprint density at radius 1 is 1.08 bits per heavy atom. The summed E-state index contributed by atoms with van der Waals surface area (Å²) < 4.78 is 19.5. The van der Waals surface area contributed by atoms with Crippen LogP contribution in [-0.2, 0) is 9.13 Å². The van der Waals surface area contributed by atoms with Gasteiger partial charge in [-0.2, -0.15) is 0 Å². The lowest BCUT2D eigenvalue weighted by Crippen LogP contribution is -1.86. The highest BCUT2D eigenvalue weighted by molar-refractivity contribution is 7.52. The third-order valence-corrected chi connectivity index (χ3v) is 2.87. The van der Waals surface area contributed by atoms with Gasteiger partial charge in [0.05, 0.1) is 6.16 Å². The van der Waals surface area contributed by atoms with Crippen molar-refractivity contribution in [3.63, 3.8) is 0 Å². The fourth-order valence-corrected chi connectivity index (χ4v) is 0.991. The highest BCUT2D eigenvalue weighted by Crippen LogP contribution is 2.33. The second-order valence-corrected chi connectivity index (χ2v) is 6.17. The zero-order chi connectivity index (χ0) is 11.1. The highest BCUT2D eigenvalue weighted by atomic mass is 35.5. The number of alkyl halides is 1. The van der Waals surface area contributed by atoms with E-state index in [-0.39, 0.29) is 18.2 Å². The molecule has 0 aliphatic rings. The van der Waals surface area contributed by atoms with Gasteiger partial charge in [0.25, 0.3) is 0 Å². The van der Waals surface area contributed by atoms with Gasteiger partial charge in [0, 0.05) is 12.0 Å². The topological polar surface area (TPSA) is 115 Å². The van der Waals surface area contributed by atoms with Gasteiger partial charge in [-0.25, -0.2) is 0 Å². The Balaban J connectivity index is 0. The molecule has 0 atom stereocenters. The van der Waals surface area contributed by atoms with E-state index in [0.717, 1.165) is 0 Å². The molecule has 0 spiro atoms. The van der Waals surface area contributed by atoms with Gasteiger partial charge in [0.1, 0.15) is 0 Å². The van der Waals surface area contributed by atoms with Gasteiger partial charge >= 0.3 is 15.2 Å². The fourth-order valence-electron chi connectivity index (χ4n) is 0.110. The molecule has 0 heterocycles. The summed E-state index contributed by atoms with van der Waals surface area (Å²) in [7, 11) is -7.44. The lowest BCUT2D eigenvalue weighted by Gasteiger charge is -1.95. The quantitative estimate of drug-likeness (QED) is 0.433. The third kappa shape index (κ3) is 24.5. The molecule has 4 N–H and O–H groups in total. The molecule has 0 aromatic rings. The van der Waals surface area contributed by atoms with E-state index in [1.54, 1.807) is 0 Å². The molecule has 6 nitrogen and oxygen atoms in total. The predicted octanol–water partition coefficient (Wildman–Crippen LogP) is 0.587. The van der Waals surface area contributed by atoms with E-state index in [9.17, 15) is 9.13 Å². The average Bonchev–Trinajstić information content (AvgIpc) is 1.84. The van der Waals surface area contributed by atoms with Crippen LogP contribution in [0.2, 0.25) is 0 Å². The molecule has 0 saturated carbocycles. The van der Waals surface area contributed by atoms with Gasteiger partial charge in [-0.15, -0.1) is 11.6 Å². The standard InChI is InChI=1S/C2H6ClO3P.C2H7O3P/c3-1-2-7(4,5)6;1-2-6(3,4)5/h1-2H2,(H2,4,5,6);2H2,1H3,(H2,3,4,5). The first-order valence-electron chi connectivity index (χ1n) is 3.27. The maximum absolute atomic E-state index is 9.84. The Hall–Kier alpha value is 0.590. The summed E-state index contributed by atoms with van der Waals surface area (Å²) in [5, 5.41) is 0. The molecule has 0 aliphatic heterocycles. The SMILES string of the molecule is CCP(=O)(O)O.O=P(O)(O)CCCl. The number of rotatable bonds is 3. The van der Waals surface area contributed by atoms with Crippen molar-refractivity contribution in [3.05, 3.63) is 0 Å². The largest absolute Gasteiger partial charge is 0.326 e. The van der Waals surface area contributed by atoms with Crippen molar-refractivity contribution in [2.75, 3.05) is 18.2 Å². The fraction of sp³-hybridized carbons (Fsp3) is 1.00. The molecule has 9 heteroatoms. The van der Waals surface area contributed by atoms with Crippen molar-refractivity contribution in [1.82, 2.24) is 0 Å². The summed E-state index contributed by atoms with van der Waals surface area (Å²) in [4.78, 5) is 32.0. The number of hydrogen-bond donors (Lipinski definition) is 4. The predicted molar refractivity (Wildman–Crippen MR) is 50.2 cm³/mol. The molecule has 0 unspecified atom stereocenters. The second kappa shape index (κ2) is 6.96. The van der Waals surface area contributed by atoms with E-state index < -0.39 is 15.2 Å². The molecular weight excluding hydrogens is 241 g/mol. The van der Waals surface area contributed by atoms with Crippen molar-refractivity contribution < 1.29 is 28.7 Å². The Bertz CT molecular complexity index is 207. The molecular formula is C4H13ClO6P2. The van der Waals surface area contributed by atoms with Gasteiger partial charge < -0.3 is 19.6 Å². The van der Waals surface area contributed by atoms with Crippen LogP contribution in [-0.4, -0.2) is 37.8 Å². The Kier molecular flexibility index (Phi) is 8.58. The molecule has 0 aromatic carbocycles. The third-order valence-electron chi connectivity index (χ3n) is 0.788. The minimum absolute atomic E-state index is 0.0181. The molecule has 0 aromatic heterocycles. The molecule has 0 aliphatic carbocycles. The normalized spacial score (nSPS) is 11.8. The molecule has 0 bridgehead atoms. The molecule has 0 fully saturated rings. The van der Waals surface area contributed by atoms with Crippen molar-refractivity contribution in [1.29, 1.82) is 0 Å². The smallest absolute Gasteiger partial charge is 0.324 e. The lowest BCUT2D eigenvalue weighted by molar-refractivity contribution is 0.373. The summed E-state index contributed by atoms with van der Waals surface area (Å²) in [6.45, 7) is 1.45. The molecule has 0 amide bonds. The number of hydrogen-bond acceptors (Lipinski definition) is 2. The molecule has 0 saturated heterocycles. The van der Waals surface area contributed by atoms with E-state index in [1.165, 1.54) is 6.92 Å². The maximum Gasteiger partial charge on any atom is 0.326 e. The Morgan fingerprint density at radius 3 is 1.38 bits per heavy atom.